The Morgan fingerprint density at radius 1 is 1.59 bits per heavy atom. The zero-order valence-corrected chi connectivity index (χ0v) is 10.1. The molecule has 1 saturated carbocycles. The van der Waals surface area contributed by atoms with Crippen LogP contribution >= 0.6 is 11.8 Å². The minimum Gasteiger partial charge on any atom is -0.477 e. The van der Waals surface area contributed by atoms with Gasteiger partial charge < -0.3 is 15.5 Å². The van der Waals surface area contributed by atoms with Crippen molar-refractivity contribution in [2.75, 3.05) is 11.6 Å². The first-order chi connectivity index (χ1) is 8.10. The first-order valence-electron chi connectivity index (χ1n) is 5.19. The van der Waals surface area contributed by atoms with E-state index in [0.29, 0.717) is 23.8 Å². The molecule has 3 N–H and O–H groups in total. The van der Waals surface area contributed by atoms with Crippen LogP contribution in [0.1, 0.15) is 23.2 Å². The highest BCUT2D eigenvalue weighted by molar-refractivity contribution is 7.98. The van der Waals surface area contributed by atoms with E-state index in [0.717, 1.165) is 0 Å². The van der Waals surface area contributed by atoms with Crippen molar-refractivity contribution in [1.82, 2.24) is 9.97 Å². The van der Waals surface area contributed by atoms with Crippen molar-refractivity contribution in [3.8, 4) is 0 Å². The van der Waals surface area contributed by atoms with E-state index >= 15 is 0 Å². The monoisotopic (exact) mass is 255 g/mol. The van der Waals surface area contributed by atoms with Gasteiger partial charge in [-0.15, -0.1) is 0 Å². The van der Waals surface area contributed by atoms with Crippen LogP contribution in [-0.4, -0.2) is 44.6 Å². The first-order valence-corrected chi connectivity index (χ1v) is 6.41. The molecule has 92 valence electrons. The van der Waals surface area contributed by atoms with E-state index in [1.807, 2.05) is 6.26 Å². The number of nitrogens with zero attached hydrogens (tertiary/aromatic N) is 2. The van der Waals surface area contributed by atoms with Crippen molar-refractivity contribution in [3.63, 3.8) is 0 Å². The molecular formula is C10H13N3O3S. The average Bonchev–Trinajstić information content (AvgIpc) is 2.26. The zero-order valence-electron chi connectivity index (χ0n) is 9.25. The zero-order chi connectivity index (χ0) is 12.4. The fourth-order valence-corrected chi connectivity index (χ4v) is 1.97. The van der Waals surface area contributed by atoms with E-state index < -0.39 is 5.97 Å². The van der Waals surface area contributed by atoms with Gasteiger partial charge in [-0.25, -0.2) is 14.8 Å². The van der Waals surface area contributed by atoms with Crippen molar-refractivity contribution >= 4 is 23.5 Å². The topological polar surface area (TPSA) is 95.3 Å². The Balaban J connectivity index is 2.19. The van der Waals surface area contributed by atoms with Crippen molar-refractivity contribution < 1.29 is 15.0 Å². The number of hydrogen-bond donors (Lipinski definition) is 3. The molecule has 1 heterocycles. The lowest BCUT2D eigenvalue weighted by molar-refractivity contribution is 0.0696. The number of carboxylic acids is 1. The second-order valence-corrected chi connectivity index (χ2v) is 4.66. The molecule has 0 atom stereocenters. The molecule has 1 aromatic heterocycles. The largest absolute Gasteiger partial charge is 0.477 e. The molecule has 6 nitrogen and oxygen atoms in total. The van der Waals surface area contributed by atoms with Gasteiger partial charge in [-0.1, -0.05) is 11.8 Å². The van der Waals surface area contributed by atoms with Gasteiger partial charge in [0.1, 0.15) is 11.4 Å². The third-order valence-corrected chi connectivity index (χ3v) is 3.20. The van der Waals surface area contributed by atoms with Crippen LogP contribution in [0.2, 0.25) is 0 Å². The third-order valence-electron chi connectivity index (χ3n) is 2.63. The molecule has 1 fully saturated rings. The second-order valence-electron chi connectivity index (χ2n) is 3.89. The molecule has 0 aliphatic heterocycles. The van der Waals surface area contributed by atoms with Gasteiger partial charge in [0.15, 0.2) is 5.16 Å². The maximum absolute atomic E-state index is 11.0. The van der Waals surface area contributed by atoms with Gasteiger partial charge in [-0.3, -0.25) is 0 Å². The van der Waals surface area contributed by atoms with Crippen LogP contribution in [0, 0.1) is 0 Å². The van der Waals surface area contributed by atoms with E-state index in [9.17, 15) is 9.90 Å². The van der Waals surface area contributed by atoms with Crippen LogP contribution in [0.15, 0.2) is 11.4 Å². The van der Waals surface area contributed by atoms with E-state index in [1.54, 1.807) is 0 Å². The van der Waals surface area contributed by atoms with Crippen molar-refractivity contribution in [1.29, 1.82) is 0 Å². The Bertz CT molecular complexity index is 435. The second kappa shape index (κ2) is 4.89. The lowest BCUT2D eigenvalue weighted by Crippen LogP contribution is -2.39. The van der Waals surface area contributed by atoms with Crippen LogP contribution in [0.5, 0.6) is 0 Å². The Hall–Kier alpha value is -1.34. The van der Waals surface area contributed by atoms with Gasteiger partial charge in [-0.05, 0) is 19.1 Å². The van der Waals surface area contributed by atoms with Gasteiger partial charge in [0.05, 0.1) is 6.10 Å². The predicted molar refractivity (Wildman–Crippen MR) is 63.4 cm³/mol. The number of carboxylic acid groups (broad SMARTS) is 1. The summed E-state index contributed by atoms with van der Waals surface area (Å²) in [7, 11) is 0. The molecule has 7 heteroatoms. The van der Waals surface area contributed by atoms with E-state index in [4.69, 9.17) is 5.11 Å². The Kier molecular flexibility index (Phi) is 3.49. The molecule has 17 heavy (non-hydrogen) atoms. The molecule has 0 bridgehead atoms. The minimum atomic E-state index is -1.06. The minimum absolute atomic E-state index is 0.0594. The number of carbonyl (C=O) groups is 1. The van der Waals surface area contributed by atoms with Crippen LogP contribution in [0.3, 0.4) is 0 Å². The van der Waals surface area contributed by atoms with Gasteiger partial charge >= 0.3 is 5.97 Å². The number of aromatic carboxylic acids is 1. The van der Waals surface area contributed by atoms with Gasteiger partial charge in [-0.2, -0.15) is 0 Å². The number of aliphatic hydroxyl groups excluding tert-OH is 1. The Morgan fingerprint density at radius 3 is 2.82 bits per heavy atom. The van der Waals surface area contributed by atoms with E-state index in [-0.39, 0.29) is 17.7 Å². The summed E-state index contributed by atoms with van der Waals surface area (Å²) >= 11 is 1.35. The lowest BCUT2D eigenvalue weighted by Gasteiger charge is -2.32. The molecule has 0 unspecified atom stereocenters. The number of aliphatic hydroxyl groups is 1. The summed E-state index contributed by atoms with van der Waals surface area (Å²) in [6.45, 7) is 0. The standard InChI is InChI=1S/C10H13N3O3S/c1-17-10-11-4-7(9(15)16)8(13-10)12-5-2-6(14)3-5/h4-6,14H,2-3H2,1H3,(H,15,16)(H,11,12,13)/t5-,6-. The van der Waals surface area contributed by atoms with Crippen LogP contribution in [0.25, 0.3) is 0 Å². The Morgan fingerprint density at radius 2 is 2.29 bits per heavy atom. The summed E-state index contributed by atoms with van der Waals surface area (Å²) in [6.07, 6.45) is 4.09. The first kappa shape index (κ1) is 12.1. The number of thioether (sulfide) groups is 1. The molecular weight excluding hydrogens is 242 g/mol. The molecule has 0 radical (unpaired) electrons. The quantitative estimate of drug-likeness (QED) is 0.541. The normalized spacial score (nSPS) is 22.9. The number of aromatic nitrogens is 2. The molecule has 0 aromatic carbocycles. The summed E-state index contributed by atoms with van der Waals surface area (Å²) < 4.78 is 0. The van der Waals surface area contributed by atoms with Crippen molar-refractivity contribution in [3.05, 3.63) is 11.8 Å². The number of anilines is 1. The highest BCUT2D eigenvalue weighted by Gasteiger charge is 2.28. The SMILES string of the molecule is CSc1ncc(C(=O)O)c(N[C@H]2C[C@H](O)C2)n1. The fourth-order valence-electron chi connectivity index (χ4n) is 1.63. The van der Waals surface area contributed by atoms with Gasteiger partial charge in [0.25, 0.3) is 0 Å². The van der Waals surface area contributed by atoms with E-state index in [2.05, 4.69) is 15.3 Å². The van der Waals surface area contributed by atoms with Crippen LogP contribution in [-0.2, 0) is 0 Å². The van der Waals surface area contributed by atoms with Gasteiger partial charge in [0.2, 0.25) is 0 Å². The molecule has 0 spiro atoms. The number of nitrogens with one attached hydrogen (secondary N) is 1. The predicted octanol–water partition coefficient (Wildman–Crippen LogP) is 0.832. The lowest BCUT2D eigenvalue weighted by atomic mass is 9.89. The number of hydrogen-bond acceptors (Lipinski definition) is 6. The molecule has 0 amide bonds. The summed E-state index contributed by atoms with van der Waals surface area (Å²) in [5, 5.41) is 21.7. The molecule has 1 aliphatic carbocycles. The summed E-state index contributed by atoms with van der Waals surface area (Å²) in [6, 6.07) is 0.0905. The maximum Gasteiger partial charge on any atom is 0.341 e. The highest BCUT2D eigenvalue weighted by Crippen LogP contribution is 2.25. The fraction of sp³-hybridized carbons (Fsp3) is 0.500. The molecule has 1 aliphatic rings. The smallest absolute Gasteiger partial charge is 0.341 e. The molecule has 1 aromatic rings. The maximum atomic E-state index is 11.0. The third kappa shape index (κ3) is 2.67. The van der Waals surface area contributed by atoms with Crippen LogP contribution < -0.4 is 5.32 Å². The summed E-state index contributed by atoms with van der Waals surface area (Å²) in [5.41, 5.74) is 0.0594. The highest BCUT2D eigenvalue weighted by atomic mass is 32.2. The molecule has 2 rings (SSSR count). The van der Waals surface area contributed by atoms with Gasteiger partial charge in [0, 0.05) is 12.2 Å². The van der Waals surface area contributed by atoms with Crippen LogP contribution in [0.4, 0.5) is 5.82 Å². The number of rotatable bonds is 4. The Labute approximate surface area is 102 Å². The summed E-state index contributed by atoms with van der Waals surface area (Å²) in [4.78, 5) is 19.1. The molecule has 0 saturated heterocycles. The van der Waals surface area contributed by atoms with Crippen molar-refractivity contribution in [2.24, 2.45) is 0 Å². The average molecular weight is 255 g/mol. The van der Waals surface area contributed by atoms with Crippen molar-refractivity contribution in [2.45, 2.75) is 30.1 Å². The van der Waals surface area contributed by atoms with E-state index in [1.165, 1.54) is 18.0 Å². The summed E-state index contributed by atoms with van der Waals surface area (Å²) in [5.74, 6) is -0.728.